The number of aliphatic hydroxyl groups is 1. The van der Waals surface area contributed by atoms with E-state index in [1.54, 1.807) is 12.1 Å². The van der Waals surface area contributed by atoms with Crippen LogP contribution >= 0.6 is 0 Å². The molecule has 2 aliphatic carbocycles. The van der Waals surface area contributed by atoms with E-state index in [1.807, 2.05) is 6.92 Å². The number of nitrogens with one attached hydrogen (secondary N) is 2. The molecule has 2 amide bonds. The summed E-state index contributed by atoms with van der Waals surface area (Å²) in [6.45, 7) is 6.52. The number of carbonyl (C=O) groups excluding carboxylic acids is 2. The third-order valence-corrected chi connectivity index (χ3v) is 8.46. The molecule has 1 aromatic heterocycles. The Balaban J connectivity index is 1.41. The molecule has 7 atom stereocenters. The van der Waals surface area contributed by atoms with Crippen LogP contribution in [0.15, 0.2) is 43.0 Å². The van der Waals surface area contributed by atoms with Gasteiger partial charge >= 0.3 is 0 Å². The lowest BCUT2D eigenvalue weighted by Crippen LogP contribution is -2.58. The summed E-state index contributed by atoms with van der Waals surface area (Å²) in [4.78, 5) is 33.5. The number of aliphatic hydroxyl groups excluding tert-OH is 1. The quantitative estimate of drug-likeness (QED) is 0.585. The van der Waals surface area contributed by atoms with Crippen molar-refractivity contribution in [2.45, 2.75) is 65.1 Å². The number of halogens is 1. The summed E-state index contributed by atoms with van der Waals surface area (Å²) in [5.74, 6) is -1.13. The van der Waals surface area contributed by atoms with Gasteiger partial charge in [-0.2, -0.15) is 0 Å². The number of amides is 2. The van der Waals surface area contributed by atoms with Crippen molar-refractivity contribution in [2.75, 3.05) is 0 Å². The molecule has 0 aliphatic heterocycles. The van der Waals surface area contributed by atoms with Gasteiger partial charge in [0.15, 0.2) is 0 Å². The molecule has 2 aliphatic rings. The lowest BCUT2D eigenvalue weighted by Gasteiger charge is -2.56. The summed E-state index contributed by atoms with van der Waals surface area (Å²) < 4.78 is 13.1. The predicted octanol–water partition coefficient (Wildman–Crippen LogP) is 3.49. The van der Waals surface area contributed by atoms with Crippen molar-refractivity contribution in [1.82, 2.24) is 20.6 Å². The van der Waals surface area contributed by atoms with Crippen LogP contribution in [0.25, 0.3) is 0 Å². The summed E-state index contributed by atoms with van der Waals surface area (Å²) in [5, 5.41) is 17.6. The Labute approximate surface area is 206 Å². The molecule has 188 valence electrons. The van der Waals surface area contributed by atoms with E-state index in [0.29, 0.717) is 12.1 Å². The van der Waals surface area contributed by atoms with Crippen LogP contribution in [0.2, 0.25) is 0 Å². The number of hydrogen-bond donors (Lipinski definition) is 3. The third kappa shape index (κ3) is 5.37. The largest absolute Gasteiger partial charge is 0.392 e. The molecule has 4 rings (SSSR count). The Kier molecular flexibility index (Phi) is 7.50. The van der Waals surface area contributed by atoms with Gasteiger partial charge in [0.05, 0.1) is 11.7 Å². The Bertz CT molecular complexity index is 1030. The van der Waals surface area contributed by atoms with Crippen LogP contribution in [0.4, 0.5) is 4.39 Å². The molecule has 2 saturated carbocycles. The molecule has 1 heterocycles. The SMILES string of the molecule is CC(C(=O)NCc1ccc(F)cc1)C1CCC2(C)CCC(NC(=O)c3cncnc3)C(C)C2C1O. The fourth-order valence-electron chi connectivity index (χ4n) is 6.31. The second-order valence-electron chi connectivity index (χ2n) is 10.6. The molecule has 0 bridgehead atoms. The van der Waals surface area contributed by atoms with Gasteiger partial charge in [0.1, 0.15) is 12.1 Å². The molecule has 0 spiro atoms. The Morgan fingerprint density at radius 2 is 1.83 bits per heavy atom. The van der Waals surface area contributed by atoms with Gasteiger partial charge in [-0.1, -0.05) is 32.9 Å². The van der Waals surface area contributed by atoms with Crippen LogP contribution in [-0.4, -0.2) is 39.0 Å². The number of benzene rings is 1. The number of carbonyl (C=O) groups is 2. The number of hydrogen-bond acceptors (Lipinski definition) is 5. The highest BCUT2D eigenvalue weighted by Gasteiger charge is 2.53. The van der Waals surface area contributed by atoms with Gasteiger partial charge in [0, 0.05) is 30.9 Å². The first-order chi connectivity index (χ1) is 16.7. The van der Waals surface area contributed by atoms with Crippen LogP contribution in [0.3, 0.4) is 0 Å². The first-order valence-electron chi connectivity index (χ1n) is 12.5. The van der Waals surface area contributed by atoms with E-state index in [4.69, 9.17) is 0 Å². The maximum absolute atomic E-state index is 13.1. The molecule has 2 fully saturated rings. The second kappa shape index (κ2) is 10.4. The van der Waals surface area contributed by atoms with E-state index in [0.717, 1.165) is 31.2 Å². The van der Waals surface area contributed by atoms with Crippen molar-refractivity contribution in [1.29, 1.82) is 0 Å². The first kappa shape index (κ1) is 25.2. The normalized spacial score (nSPS) is 31.2. The van der Waals surface area contributed by atoms with E-state index >= 15 is 0 Å². The number of fused-ring (bicyclic) bond motifs is 1. The average molecular weight is 483 g/mol. The fraction of sp³-hybridized carbons (Fsp3) is 0.556. The van der Waals surface area contributed by atoms with Gasteiger partial charge in [-0.15, -0.1) is 0 Å². The fourth-order valence-corrected chi connectivity index (χ4v) is 6.31. The number of aromatic nitrogens is 2. The molecular formula is C27H35FN4O3. The molecule has 0 radical (unpaired) electrons. The Hall–Kier alpha value is -2.87. The second-order valence-corrected chi connectivity index (χ2v) is 10.6. The summed E-state index contributed by atoms with van der Waals surface area (Å²) >= 11 is 0. The smallest absolute Gasteiger partial charge is 0.254 e. The summed E-state index contributed by atoms with van der Waals surface area (Å²) in [6, 6.07) is 5.99. The highest BCUT2D eigenvalue weighted by atomic mass is 19.1. The van der Waals surface area contributed by atoms with Gasteiger partial charge in [0.25, 0.3) is 5.91 Å². The van der Waals surface area contributed by atoms with Crippen molar-refractivity contribution in [3.05, 3.63) is 59.9 Å². The van der Waals surface area contributed by atoms with Crippen molar-refractivity contribution >= 4 is 11.8 Å². The van der Waals surface area contributed by atoms with Crippen LogP contribution in [0.1, 0.15) is 62.4 Å². The standard InChI is InChI=1S/C27H35FN4O3/c1-16(25(34)31-12-18-4-6-20(28)7-5-18)21-8-10-27(3)11-9-22(17(2)23(27)24(21)33)32-26(35)19-13-29-15-30-14-19/h4-7,13-17,21-24,33H,8-12H2,1-3H3,(H,31,34)(H,32,35). The van der Waals surface area contributed by atoms with Crippen molar-refractivity contribution < 1.29 is 19.1 Å². The molecule has 8 heteroatoms. The number of nitrogens with zero attached hydrogens (tertiary/aromatic N) is 2. The highest BCUT2D eigenvalue weighted by Crippen LogP contribution is 2.55. The monoisotopic (exact) mass is 482 g/mol. The Morgan fingerprint density at radius 3 is 2.51 bits per heavy atom. The lowest BCUT2D eigenvalue weighted by atomic mass is 9.51. The van der Waals surface area contributed by atoms with Crippen molar-refractivity contribution in [2.24, 2.45) is 29.1 Å². The van der Waals surface area contributed by atoms with Crippen LogP contribution in [-0.2, 0) is 11.3 Å². The zero-order valence-electron chi connectivity index (χ0n) is 20.6. The van der Waals surface area contributed by atoms with E-state index in [-0.39, 0.29) is 52.8 Å². The maximum Gasteiger partial charge on any atom is 0.254 e. The summed E-state index contributed by atoms with van der Waals surface area (Å²) in [6.07, 6.45) is 7.22. The minimum Gasteiger partial charge on any atom is -0.392 e. The topological polar surface area (TPSA) is 104 Å². The van der Waals surface area contributed by atoms with Gasteiger partial charge < -0.3 is 15.7 Å². The summed E-state index contributed by atoms with van der Waals surface area (Å²) in [5.41, 5.74) is 1.21. The Morgan fingerprint density at radius 1 is 1.17 bits per heavy atom. The lowest BCUT2D eigenvalue weighted by molar-refractivity contribution is -0.142. The first-order valence-corrected chi connectivity index (χ1v) is 12.5. The number of rotatable bonds is 6. The van der Waals surface area contributed by atoms with Crippen LogP contribution < -0.4 is 10.6 Å². The van der Waals surface area contributed by atoms with Gasteiger partial charge in [-0.05, 0) is 66.5 Å². The minimum absolute atomic E-state index is 0.0281. The third-order valence-electron chi connectivity index (χ3n) is 8.46. The highest BCUT2D eigenvalue weighted by molar-refractivity contribution is 5.93. The van der Waals surface area contributed by atoms with E-state index in [1.165, 1.54) is 30.9 Å². The van der Waals surface area contributed by atoms with E-state index in [9.17, 15) is 19.1 Å². The van der Waals surface area contributed by atoms with Gasteiger partial charge in [-0.25, -0.2) is 14.4 Å². The van der Waals surface area contributed by atoms with Crippen LogP contribution in [0, 0.1) is 34.9 Å². The molecule has 2 aromatic rings. The van der Waals surface area contributed by atoms with E-state index in [2.05, 4.69) is 34.4 Å². The molecule has 35 heavy (non-hydrogen) atoms. The maximum atomic E-state index is 13.1. The zero-order chi connectivity index (χ0) is 25.2. The van der Waals surface area contributed by atoms with Gasteiger partial charge in [-0.3, -0.25) is 9.59 Å². The predicted molar refractivity (Wildman–Crippen MR) is 129 cm³/mol. The summed E-state index contributed by atoms with van der Waals surface area (Å²) in [7, 11) is 0. The molecular weight excluding hydrogens is 447 g/mol. The molecule has 7 unspecified atom stereocenters. The molecule has 3 N–H and O–H groups in total. The van der Waals surface area contributed by atoms with Crippen molar-refractivity contribution in [3.8, 4) is 0 Å². The molecule has 7 nitrogen and oxygen atoms in total. The van der Waals surface area contributed by atoms with Crippen LogP contribution in [0.5, 0.6) is 0 Å². The van der Waals surface area contributed by atoms with E-state index < -0.39 is 6.10 Å². The minimum atomic E-state index is -0.643. The average Bonchev–Trinajstić information content (AvgIpc) is 2.85. The van der Waals surface area contributed by atoms with Crippen molar-refractivity contribution in [3.63, 3.8) is 0 Å². The van der Waals surface area contributed by atoms with Gasteiger partial charge in [0.2, 0.25) is 5.91 Å². The zero-order valence-corrected chi connectivity index (χ0v) is 20.6. The molecule has 0 saturated heterocycles. The molecule has 1 aromatic carbocycles.